The van der Waals surface area contributed by atoms with Gasteiger partial charge in [-0.15, -0.1) is 0 Å². The van der Waals surface area contributed by atoms with E-state index in [1.807, 2.05) is 11.8 Å². The van der Waals surface area contributed by atoms with Crippen LogP contribution in [0.2, 0.25) is 0 Å². The second-order valence-electron chi connectivity index (χ2n) is 5.03. The van der Waals surface area contributed by atoms with Crippen molar-refractivity contribution in [1.29, 1.82) is 0 Å². The van der Waals surface area contributed by atoms with Crippen molar-refractivity contribution < 1.29 is 14.7 Å². The Kier molecular flexibility index (Phi) is 5.06. The minimum Gasteiger partial charge on any atom is -0.478 e. The smallest absolute Gasteiger partial charge is 0.337 e. The average Bonchev–Trinajstić information content (AvgIpc) is 2.47. The topological polar surface area (TPSA) is 57.6 Å². The summed E-state index contributed by atoms with van der Waals surface area (Å²) >= 11 is 1.93. The van der Waals surface area contributed by atoms with E-state index in [-0.39, 0.29) is 11.5 Å². The van der Waals surface area contributed by atoms with Gasteiger partial charge in [-0.1, -0.05) is 12.1 Å². The highest BCUT2D eigenvalue weighted by Gasteiger charge is 2.22. The van der Waals surface area contributed by atoms with Crippen LogP contribution in [0.25, 0.3) is 0 Å². The van der Waals surface area contributed by atoms with Gasteiger partial charge in [0, 0.05) is 13.5 Å². The number of amides is 1. The predicted octanol–water partition coefficient (Wildman–Crippen LogP) is 2.88. The summed E-state index contributed by atoms with van der Waals surface area (Å²) in [7, 11) is 1.65. The lowest BCUT2D eigenvalue weighted by molar-refractivity contribution is -0.119. The van der Waals surface area contributed by atoms with E-state index in [9.17, 15) is 14.7 Å². The summed E-state index contributed by atoms with van der Waals surface area (Å²) in [6.07, 6.45) is 2.65. The van der Waals surface area contributed by atoms with Crippen LogP contribution >= 0.6 is 11.8 Å². The summed E-state index contributed by atoms with van der Waals surface area (Å²) < 4.78 is 0. The minimum absolute atomic E-state index is 0.00407. The Morgan fingerprint density at radius 2 is 1.95 bits per heavy atom. The number of rotatable bonds is 4. The molecule has 0 spiro atoms. The van der Waals surface area contributed by atoms with Crippen LogP contribution in [0.1, 0.15) is 29.6 Å². The molecule has 1 aliphatic rings. The molecule has 1 fully saturated rings. The van der Waals surface area contributed by atoms with Gasteiger partial charge in [0.05, 0.1) is 11.3 Å². The third kappa shape index (κ3) is 3.54. The number of hydrogen-bond donors (Lipinski definition) is 1. The quantitative estimate of drug-likeness (QED) is 0.927. The molecule has 5 heteroatoms. The second kappa shape index (κ2) is 6.79. The fourth-order valence-corrected chi connectivity index (χ4v) is 3.62. The average molecular weight is 293 g/mol. The molecule has 0 saturated carbocycles. The van der Waals surface area contributed by atoms with E-state index in [2.05, 4.69) is 0 Å². The van der Waals surface area contributed by atoms with Crippen molar-refractivity contribution >= 4 is 29.3 Å². The van der Waals surface area contributed by atoms with Gasteiger partial charge in [0.2, 0.25) is 5.91 Å². The van der Waals surface area contributed by atoms with Crippen molar-refractivity contribution in [2.24, 2.45) is 5.92 Å². The summed E-state index contributed by atoms with van der Waals surface area (Å²) in [6.45, 7) is 0. The molecule has 20 heavy (non-hydrogen) atoms. The number of carboxylic acids is 1. The van der Waals surface area contributed by atoms with Crippen LogP contribution in [0.3, 0.4) is 0 Å². The molecule has 1 N–H and O–H groups in total. The number of anilines is 1. The highest BCUT2D eigenvalue weighted by atomic mass is 32.2. The van der Waals surface area contributed by atoms with E-state index in [0.29, 0.717) is 18.0 Å². The normalized spacial score (nSPS) is 15.8. The van der Waals surface area contributed by atoms with Crippen LogP contribution in [0.4, 0.5) is 5.69 Å². The van der Waals surface area contributed by atoms with Gasteiger partial charge in [0.15, 0.2) is 0 Å². The van der Waals surface area contributed by atoms with Crippen molar-refractivity contribution in [3.05, 3.63) is 29.8 Å². The number of benzene rings is 1. The first-order chi connectivity index (χ1) is 9.59. The summed E-state index contributed by atoms with van der Waals surface area (Å²) in [6, 6.07) is 6.63. The van der Waals surface area contributed by atoms with Gasteiger partial charge < -0.3 is 10.0 Å². The number of hydrogen-bond acceptors (Lipinski definition) is 3. The van der Waals surface area contributed by atoms with Crippen molar-refractivity contribution in [2.45, 2.75) is 19.3 Å². The number of para-hydroxylation sites is 1. The van der Waals surface area contributed by atoms with Crippen molar-refractivity contribution in [3.63, 3.8) is 0 Å². The van der Waals surface area contributed by atoms with Crippen LogP contribution in [-0.2, 0) is 4.79 Å². The molecule has 108 valence electrons. The van der Waals surface area contributed by atoms with Crippen LogP contribution in [0.15, 0.2) is 24.3 Å². The standard InChI is InChI=1S/C15H19NO3S/c1-16(13-5-3-2-4-12(13)15(18)19)14(17)10-11-6-8-20-9-7-11/h2-5,11H,6-10H2,1H3,(H,18,19). The van der Waals surface area contributed by atoms with E-state index in [4.69, 9.17) is 0 Å². The van der Waals surface area contributed by atoms with Crippen LogP contribution in [0.5, 0.6) is 0 Å². The number of aromatic carboxylic acids is 1. The Hall–Kier alpha value is -1.49. The van der Waals surface area contributed by atoms with Crippen molar-refractivity contribution in [1.82, 2.24) is 0 Å². The summed E-state index contributed by atoms with van der Waals surface area (Å²) in [4.78, 5) is 25.0. The second-order valence-corrected chi connectivity index (χ2v) is 6.26. The number of thioether (sulfide) groups is 1. The highest BCUT2D eigenvalue weighted by Crippen LogP contribution is 2.27. The fourth-order valence-electron chi connectivity index (χ4n) is 2.42. The first-order valence-electron chi connectivity index (χ1n) is 6.76. The lowest BCUT2D eigenvalue weighted by atomic mass is 9.98. The number of carbonyl (C=O) groups excluding carboxylic acids is 1. The SMILES string of the molecule is CN(C(=O)CC1CCSCC1)c1ccccc1C(=O)O. The van der Waals surface area contributed by atoms with Crippen molar-refractivity contribution in [3.8, 4) is 0 Å². The minimum atomic E-state index is -1.01. The third-order valence-electron chi connectivity index (χ3n) is 3.67. The summed E-state index contributed by atoms with van der Waals surface area (Å²) in [5.41, 5.74) is 0.637. The maximum Gasteiger partial charge on any atom is 0.337 e. The van der Waals surface area contributed by atoms with Crippen LogP contribution < -0.4 is 4.90 Å². The van der Waals surface area contributed by atoms with E-state index in [0.717, 1.165) is 24.3 Å². The number of nitrogens with zero attached hydrogens (tertiary/aromatic N) is 1. The van der Waals surface area contributed by atoms with Gasteiger partial charge in [-0.2, -0.15) is 11.8 Å². The molecule has 0 unspecified atom stereocenters. The maximum absolute atomic E-state index is 12.3. The largest absolute Gasteiger partial charge is 0.478 e. The van der Waals surface area contributed by atoms with Crippen LogP contribution in [0, 0.1) is 5.92 Å². The summed E-state index contributed by atoms with van der Waals surface area (Å²) in [5, 5.41) is 9.18. The molecule has 1 aromatic rings. The molecule has 1 heterocycles. The molecule has 4 nitrogen and oxygen atoms in total. The molecular formula is C15H19NO3S. The molecule has 2 rings (SSSR count). The Labute approximate surface area is 123 Å². The van der Waals surface area contributed by atoms with E-state index >= 15 is 0 Å². The predicted molar refractivity (Wildman–Crippen MR) is 81.5 cm³/mol. The zero-order valence-corrected chi connectivity index (χ0v) is 12.4. The Balaban J connectivity index is 2.08. The number of carbonyl (C=O) groups is 2. The molecule has 0 aliphatic carbocycles. The molecular weight excluding hydrogens is 274 g/mol. The van der Waals surface area contributed by atoms with Gasteiger partial charge in [-0.05, 0) is 42.4 Å². The first kappa shape index (κ1) is 14.9. The molecule has 1 aliphatic heterocycles. The Morgan fingerprint density at radius 3 is 2.60 bits per heavy atom. The van der Waals surface area contributed by atoms with Gasteiger partial charge in [0.25, 0.3) is 0 Å². The summed E-state index contributed by atoms with van der Waals surface area (Å²) in [5.74, 6) is 1.66. The number of carboxylic acid groups (broad SMARTS) is 1. The third-order valence-corrected chi connectivity index (χ3v) is 4.72. The Bertz CT molecular complexity index is 498. The molecule has 1 aromatic carbocycles. The zero-order valence-electron chi connectivity index (χ0n) is 11.5. The van der Waals surface area contributed by atoms with Gasteiger partial charge in [-0.3, -0.25) is 4.79 Å². The van der Waals surface area contributed by atoms with Gasteiger partial charge in [0.1, 0.15) is 0 Å². The van der Waals surface area contributed by atoms with Gasteiger partial charge in [-0.25, -0.2) is 4.79 Å². The van der Waals surface area contributed by atoms with Crippen LogP contribution in [-0.4, -0.2) is 35.5 Å². The Morgan fingerprint density at radius 1 is 1.30 bits per heavy atom. The van der Waals surface area contributed by atoms with E-state index in [1.165, 1.54) is 11.0 Å². The lowest BCUT2D eigenvalue weighted by Crippen LogP contribution is -2.30. The molecule has 1 amide bonds. The fraction of sp³-hybridized carbons (Fsp3) is 0.467. The monoisotopic (exact) mass is 293 g/mol. The zero-order chi connectivity index (χ0) is 14.5. The molecule has 0 aromatic heterocycles. The molecule has 0 atom stereocenters. The molecule has 0 radical (unpaired) electrons. The van der Waals surface area contributed by atoms with E-state index in [1.54, 1.807) is 25.2 Å². The molecule has 1 saturated heterocycles. The van der Waals surface area contributed by atoms with Gasteiger partial charge >= 0.3 is 5.97 Å². The highest BCUT2D eigenvalue weighted by molar-refractivity contribution is 7.99. The molecule has 0 bridgehead atoms. The van der Waals surface area contributed by atoms with E-state index < -0.39 is 5.97 Å². The first-order valence-corrected chi connectivity index (χ1v) is 7.91. The lowest BCUT2D eigenvalue weighted by Gasteiger charge is -2.24. The maximum atomic E-state index is 12.3. The van der Waals surface area contributed by atoms with Crippen molar-refractivity contribution in [2.75, 3.05) is 23.5 Å².